The number of hydrogen-bond acceptors (Lipinski definition) is 5. The molecule has 1 aromatic carbocycles. The third-order valence-electron chi connectivity index (χ3n) is 3.42. The minimum absolute atomic E-state index is 0. The van der Waals surface area contributed by atoms with Crippen molar-refractivity contribution in [2.45, 2.75) is 39.5 Å². The summed E-state index contributed by atoms with van der Waals surface area (Å²) >= 11 is 1.68. The first-order valence-corrected chi connectivity index (χ1v) is 8.69. The second-order valence-electron chi connectivity index (χ2n) is 5.98. The smallest absolute Gasteiger partial charge is 0.161 e. The normalized spacial score (nSPS) is 11.0. The van der Waals surface area contributed by atoms with Crippen molar-refractivity contribution in [3.8, 4) is 11.5 Å². The van der Waals surface area contributed by atoms with Gasteiger partial charge < -0.3 is 19.9 Å². The van der Waals surface area contributed by atoms with Crippen LogP contribution in [0.5, 0.6) is 11.5 Å². The summed E-state index contributed by atoms with van der Waals surface area (Å²) in [6, 6.07) is 10.0. The largest absolute Gasteiger partial charge is 0.490 e. The molecule has 2 N–H and O–H groups in total. The van der Waals surface area contributed by atoms with Gasteiger partial charge in [-0.1, -0.05) is 12.1 Å². The van der Waals surface area contributed by atoms with Crippen LogP contribution < -0.4 is 14.8 Å². The summed E-state index contributed by atoms with van der Waals surface area (Å²) in [6.45, 7) is 7.79. The van der Waals surface area contributed by atoms with E-state index in [0.29, 0.717) is 19.8 Å². The number of ether oxygens (including phenoxy) is 2. The Hall–Kier alpha value is -1.27. The first kappa shape index (κ1) is 20.8. The van der Waals surface area contributed by atoms with Crippen molar-refractivity contribution < 1.29 is 14.6 Å². The third-order valence-corrected chi connectivity index (χ3v) is 4.27. The van der Waals surface area contributed by atoms with Crippen LogP contribution in [0.2, 0.25) is 0 Å². The molecule has 0 bridgehead atoms. The molecular formula is C18H26ClNO3S. The standard InChI is InChI=1S/C18H25NO3S.ClH/c1-4-21-17-10-14(11-19-18(2,3)13-20)7-8-16(17)22-12-15-6-5-9-23-15;/h5-10,19-20H,4,11-13H2,1-3H3;1H. The molecule has 0 spiro atoms. The van der Waals surface area contributed by atoms with Crippen molar-refractivity contribution in [3.05, 3.63) is 46.2 Å². The predicted octanol–water partition coefficient (Wildman–Crippen LogP) is 4.01. The number of benzene rings is 1. The molecule has 1 heterocycles. The fourth-order valence-electron chi connectivity index (χ4n) is 1.99. The number of halogens is 1. The number of aliphatic hydroxyl groups excluding tert-OH is 1. The molecule has 0 unspecified atom stereocenters. The van der Waals surface area contributed by atoms with Crippen molar-refractivity contribution in [2.75, 3.05) is 13.2 Å². The zero-order valence-electron chi connectivity index (χ0n) is 14.4. The quantitative estimate of drug-likeness (QED) is 0.699. The minimum Gasteiger partial charge on any atom is -0.490 e. The van der Waals surface area contributed by atoms with Crippen molar-refractivity contribution in [1.82, 2.24) is 5.32 Å². The third kappa shape index (κ3) is 6.32. The van der Waals surface area contributed by atoms with E-state index in [2.05, 4.69) is 11.4 Å². The van der Waals surface area contributed by atoms with E-state index in [9.17, 15) is 5.11 Å². The van der Waals surface area contributed by atoms with Gasteiger partial charge in [0.1, 0.15) is 6.61 Å². The van der Waals surface area contributed by atoms with Gasteiger partial charge in [-0.25, -0.2) is 0 Å². The summed E-state index contributed by atoms with van der Waals surface area (Å²) < 4.78 is 11.6. The van der Waals surface area contributed by atoms with Crippen LogP contribution in [0.4, 0.5) is 0 Å². The van der Waals surface area contributed by atoms with E-state index in [1.165, 1.54) is 4.88 Å². The van der Waals surface area contributed by atoms with Gasteiger partial charge in [-0.3, -0.25) is 0 Å². The summed E-state index contributed by atoms with van der Waals surface area (Å²) in [7, 11) is 0. The van der Waals surface area contributed by atoms with Crippen molar-refractivity contribution in [2.24, 2.45) is 0 Å². The zero-order chi connectivity index (χ0) is 16.7. The summed E-state index contributed by atoms with van der Waals surface area (Å²) in [5.41, 5.74) is 0.790. The highest BCUT2D eigenvalue weighted by Gasteiger charge is 2.15. The summed E-state index contributed by atoms with van der Waals surface area (Å²) in [5, 5.41) is 14.7. The van der Waals surface area contributed by atoms with Gasteiger partial charge in [-0.2, -0.15) is 0 Å². The van der Waals surface area contributed by atoms with Crippen LogP contribution in [0, 0.1) is 0 Å². The average Bonchev–Trinajstić information content (AvgIpc) is 3.06. The van der Waals surface area contributed by atoms with E-state index in [0.717, 1.165) is 17.1 Å². The number of thiophene rings is 1. The topological polar surface area (TPSA) is 50.7 Å². The molecule has 2 aromatic rings. The number of aliphatic hydroxyl groups is 1. The SMILES string of the molecule is CCOc1cc(CNC(C)(C)CO)ccc1OCc1cccs1.Cl. The maximum absolute atomic E-state index is 9.31. The highest BCUT2D eigenvalue weighted by Crippen LogP contribution is 2.30. The van der Waals surface area contributed by atoms with E-state index in [1.807, 2.05) is 50.4 Å². The molecule has 24 heavy (non-hydrogen) atoms. The Labute approximate surface area is 154 Å². The van der Waals surface area contributed by atoms with Crippen LogP contribution >= 0.6 is 23.7 Å². The zero-order valence-corrected chi connectivity index (χ0v) is 16.0. The van der Waals surface area contributed by atoms with Crippen LogP contribution in [0.15, 0.2) is 35.7 Å². The molecule has 2 rings (SSSR count). The lowest BCUT2D eigenvalue weighted by Crippen LogP contribution is -2.42. The molecule has 134 valence electrons. The van der Waals surface area contributed by atoms with Crippen LogP contribution in [0.3, 0.4) is 0 Å². The Balaban J connectivity index is 0.00000288. The van der Waals surface area contributed by atoms with Gasteiger partial charge in [0, 0.05) is 17.0 Å². The van der Waals surface area contributed by atoms with Gasteiger partial charge in [0.05, 0.1) is 13.2 Å². The Kier molecular flexibility index (Phi) is 8.56. The Morgan fingerprint density at radius 3 is 2.58 bits per heavy atom. The predicted molar refractivity (Wildman–Crippen MR) is 102 cm³/mol. The molecule has 0 amide bonds. The van der Waals surface area contributed by atoms with E-state index >= 15 is 0 Å². The Bertz CT molecular complexity index is 602. The van der Waals surface area contributed by atoms with Crippen LogP contribution in [0.25, 0.3) is 0 Å². The number of nitrogens with one attached hydrogen (secondary N) is 1. The lowest BCUT2D eigenvalue weighted by molar-refractivity contribution is 0.187. The Morgan fingerprint density at radius 2 is 1.96 bits per heavy atom. The highest BCUT2D eigenvalue weighted by atomic mass is 35.5. The lowest BCUT2D eigenvalue weighted by atomic mass is 10.1. The molecule has 0 fully saturated rings. The molecule has 0 radical (unpaired) electrons. The van der Waals surface area contributed by atoms with Gasteiger partial charge >= 0.3 is 0 Å². The second-order valence-corrected chi connectivity index (χ2v) is 7.01. The summed E-state index contributed by atoms with van der Waals surface area (Å²) in [6.07, 6.45) is 0. The van der Waals surface area contributed by atoms with Gasteiger partial charge in [-0.05, 0) is 49.9 Å². The van der Waals surface area contributed by atoms with E-state index in [1.54, 1.807) is 11.3 Å². The second kappa shape index (κ2) is 9.89. The van der Waals surface area contributed by atoms with Gasteiger partial charge in [0.15, 0.2) is 11.5 Å². The van der Waals surface area contributed by atoms with Gasteiger partial charge in [-0.15, -0.1) is 23.7 Å². The van der Waals surface area contributed by atoms with Crippen molar-refractivity contribution >= 4 is 23.7 Å². The fourth-order valence-corrected chi connectivity index (χ4v) is 2.61. The molecular weight excluding hydrogens is 346 g/mol. The molecule has 4 nitrogen and oxygen atoms in total. The van der Waals surface area contributed by atoms with Crippen molar-refractivity contribution in [3.63, 3.8) is 0 Å². The van der Waals surface area contributed by atoms with Gasteiger partial charge in [0.25, 0.3) is 0 Å². The maximum Gasteiger partial charge on any atom is 0.161 e. The maximum atomic E-state index is 9.31. The van der Waals surface area contributed by atoms with E-state index in [4.69, 9.17) is 9.47 Å². The van der Waals surface area contributed by atoms with Crippen LogP contribution in [-0.2, 0) is 13.2 Å². The first-order chi connectivity index (χ1) is 11.0. The van der Waals surface area contributed by atoms with Crippen molar-refractivity contribution in [1.29, 1.82) is 0 Å². The number of rotatable bonds is 9. The number of hydrogen-bond donors (Lipinski definition) is 2. The van der Waals surface area contributed by atoms with E-state index in [-0.39, 0.29) is 24.6 Å². The minimum atomic E-state index is -0.305. The fraction of sp³-hybridized carbons (Fsp3) is 0.444. The first-order valence-electron chi connectivity index (χ1n) is 7.81. The summed E-state index contributed by atoms with van der Waals surface area (Å²) in [4.78, 5) is 1.18. The molecule has 0 saturated heterocycles. The average molecular weight is 372 g/mol. The molecule has 0 atom stereocenters. The molecule has 1 aromatic heterocycles. The molecule has 0 aliphatic heterocycles. The molecule has 0 aliphatic carbocycles. The highest BCUT2D eigenvalue weighted by molar-refractivity contribution is 7.09. The molecule has 0 aliphatic rings. The Morgan fingerprint density at radius 1 is 1.17 bits per heavy atom. The van der Waals surface area contributed by atoms with Crippen LogP contribution in [-0.4, -0.2) is 23.9 Å². The van der Waals surface area contributed by atoms with Gasteiger partial charge in [0.2, 0.25) is 0 Å². The summed E-state index contributed by atoms with van der Waals surface area (Å²) in [5.74, 6) is 1.51. The lowest BCUT2D eigenvalue weighted by Gasteiger charge is -2.24. The van der Waals surface area contributed by atoms with E-state index < -0.39 is 0 Å². The molecule has 0 saturated carbocycles. The van der Waals surface area contributed by atoms with Crippen LogP contribution in [0.1, 0.15) is 31.2 Å². The molecule has 6 heteroatoms. The monoisotopic (exact) mass is 371 g/mol.